The van der Waals surface area contributed by atoms with E-state index in [4.69, 9.17) is 37.0 Å². The molecule has 3 N–H and O–H groups in total. The molecule has 0 heterocycles. The smallest absolute Gasteiger partial charge is 0.462 e. The molecule has 0 fully saturated rings. The molecule has 522 valence electrons. The zero-order valence-corrected chi connectivity index (χ0v) is 59.1. The summed E-state index contributed by atoms with van der Waals surface area (Å²) in [7, 11) is -9.90. The highest BCUT2D eigenvalue weighted by molar-refractivity contribution is 7.47. The van der Waals surface area contributed by atoms with Crippen molar-refractivity contribution >= 4 is 39.5 Å². The fraction of sp³-hybridized carbons (Fsp3) is 0.942. The molecule has 0 radical (unpaired) electrons. The first kappa shape index (κ1) is 86.1. The van der Waals surface area contributed by atoms with E-state index >= 15 is 0 Å². The van der Waals surface area contributed by atoms with Gasteiger partial charge in [-0.15, -0.1) is 0 Å². The van der Waals surface area contributed by atoms with E-state index in [1.807, 2.05) is 0 Å². The first-order chi connectivity index (χ1) is 42.1. The number of aliphatic hydroxyl groups excluding tert-OH is 1. The Labute approximate surface area is 537 Å². The molecule has 17 nitrogen and oxygen atoms in total. The number of phosphoric ester groups is 2. The van der Waals surface area contributed by atoms with E-state index in [9.17, 15) is 43.2 Å². The first-order valence-corrected chi connectivity index (χ1v) is 38.7. The van der Waals surface area contributed by atoms with Gasteiger partial charge in [0.25, 0.3) is 0 Å². The molecule has 0 aliphatic rings. The molecule has 0 aliphatic heterocycles. The third-order valence-electron chi connectivity index (χ3n) is 15.8. The molecule has 5 atom stereocenters. The maximum absolute atomic E-state index is 13.0. The molecule has 0 aromatic carbocycles. The molecule has 3 unspecified atom stereocenters. The van der Waals surface area contributed by atoms with E-state index in [2.05, 4.69) is 55.4 Å². The van der Waals surface area contributed by atoms with Gasteiger partial charge in [-0.3, -0.25) is 37.3 Å². The van der Waals surface area contributed by atoms with E-state index in [0.717, 1.165) is 108 Å². The van der Waals surface area contributed by atoms with Gasteiger partial charge in [0.1, 0.15) is 19.3 Å². The van der Waals surface area contributed by atoms with Crippen LogP contribution in [0.3, 0.4) is 0 Å². The Hall–Kier alpha value is -1.94. The van der Waals surface area contributed by atoms with Crippen molar-refractivity contribution in [3.63, 3.8) is 0 Å². The fourth-order valence-corrected chi connectivity index (χ4v) is 11.9. The Bertz CT molecular complexity index is 1750. The number of rotatable bonds is 66. The number of aliphatic hydroxyl groups is 1. The third kappa shape index (κ3) is 62.8. The van der Waals surface area contributed by atoms with Crippen LogP contribution in [0, 0.1) is 23.7 Å². The Morgan fingerprint density at radius 2 is 0.477 bits per heavy atom. The largest absolute Gasteiger partial charge is 0.472 e. The Kier molecular flexibility index (Phi) is 57.6. The molecule has 0 saturated heterocycles. The van der Waals surface area contributed by atoms with Gasteiger partial charge in [-0.25, -0.2) is 9.13 Å². The number of unbranched alkanes of at least 4 members (excludes halogenated alkanes) is 32. The summed E-state index contributed by atoms with van der Waals surface area (Å²) in [5.41, 5.74) is 0. The normalized spacial score (nSPS) is 14.3. The second-order valence-electron chi connectivity index (χ2n) is 26.8. The highest BCUT2D eigenvalue weighted by Crippen LogP contribution is 2.45. The van der Waals surface area contributed by atoms with Crippen LogP contribution in [0.25, 0.3) is 0 Å². The molecule has 0 amide bonds. The number of ether oxygens (including phenoxy) is 4. The summed E-state index contributed by atoms with van der Waals surface area (Å²) in [4.78, 5) is 72.4. The van der Waals surface area contributed by atoms with Crippen LogP contribution < -0.4 is 0 Å². The van der Waals surface area contributed by atoms with Crippen LogP contribution in [0.1, 0.15) is 338 Å². The summed E-state index contributed by atoms with van der Waals surface area (Å²) in [6.07, 6.45) is 40.5. The SMILES string of the molecule is CC(C)CCCCCCCCCCCCCCCC(=O)O[C@H](COC(=O)CCCCCCCCCCCC(C)C)COP(=O)(O)OCC(O)COP(=O)(O)OC[C@@H](COC(=O)CCCCCCCCCCC(C)C)OC(=O)CCCCCCCCC(C)C. The van der Waals surface area contributed by atoms with Crippen molar-refractivity contribution in [2.45, 2.75) is 356 Å². The molecular weight excluding hydrogens is 1160 g/mol. The first-order valence-electron chi connectivity index (χ1n) is 35.7. The molecule has 0 saturated carbocycles. The molecule has 0 bridgehead atoms. The molecular formula is C69H134O17P2. The van der Waals surface area contributed by atoms with E-state index in [0.29, 0.717) is 31.6 Å². The molecule has 0 rings (SSSR count). The molecule has 88 heavy (non-hydrogen) atoms. The van der Waals surface area contributed by atoms with Crippen molar-refractivity contribution < 1.29 is 80.2 Å². The Morgan fingerprint density at radius 1 is 0.284 bits per heavy atom. The van der Waals surface area contributed by atoms with Gasteiger partial charge in [-0.05, 0) is 49.4 Å². The van der Waals surface area contributed by atoms with Crippen molar-refractivity contribution in [3.05, 3.63) is 0 Å². The Balaban J connectivity index is 5.23. The maximum atomic E-state index is 13.0. The van der Waals surface area contributed by atoms with Crippen LogP contribution in [-0.2, 0) is 65.4 Å². The van der Waals surface area contributed by atoms with E-state index < -0.39 is 97.5 Å². The van der Waals surface area contributed by atoms with Crippen LogP contribution in [0.15, 0.2) is 0 Å². The van der Waals surface area contributed by atoms with Crippen LogP contribution in [0.5, 0.6) is 0 Å². The molecule has 0 aromatic rings. The van der Waals surface area contributed by atoms with E-state index in [1.165, 1.54) is 141 Å². The summed E-state index contributed by atoms with van der Waals surface area (Å²) in [6, 6.07) is 0. The van der Waals surface area contributed by atoms with Gasteiger partial charge in [0.05, 0.1) is 26.4 Å². The minimum atomic E-state index is -4.95. The van der Waals surface area contributed by atoms with Crippen LogP contribution in [0.2, 0.25) is 0 Å². The van der Waals surface area contributed by atoms with Crippen LogP contribution >= 0.6 is 15.6 Å². The second-order valence-corrected chi connectivity index (χ2v) is 29.7. The number of phosphoric acid groups is 2. The number of esters is 4. The van der Waals surface area contributed by atoms with E-state index in [-0.39, 0.29) is 25.7 Å². The lowest BCUT2D eigenvalue weighted by Gasteiger charge is -2.21. The summed E-state index contributed by atoms with van der Waals surface area (Å²) in [5, 5.41) is 10.6. The lowest BCUT2D eigenvalue weighted by atomic mass is 10.0. The molecule has 0 spiro atoms. The van der Waals surface area contributed by atoms with Crippen LogP contribution in [-0.4, -0.2) is 96.7 Å². The van der Waals surface area contributed by atoms with Gasteiger partial charge >= 0.3 is 39.5 Å². The maximum Gasteiger partial charge on any atom is 0.472 e. The average Bonchev–Trinajstić information content (AvgIpc) is 3.56. The average molecular weight is 1300 g/mol. The zero-order valence-electron chi connectivity index (χ0n) is 57.3. The second kappa shape index (κ2) is 58.8. The predicted octanol–water partition coefficient (Wildman–Crippen LogP) is 19.3. The molecule has 0 aromatic heterocycles. The van der Waals surface area contributed by atoms with Crippen molar-refractivity contribution in [1.82, 2.24) is 0 Å². The quantitative estimate of drug-likeness (QED) is 0.0222. The number of hydrogen-bond donors (Lipinski definition) is 3. The standard InChI is InChI=1S/C69H134O17P2/c1-59(2)45-37-29-21-15-12-10-9-11-13-17-26-35-43-51-68(73)85-64(55-79-66(71)49-41-33-24-18-14-16-22-30-38-46-60(3)4)57-83-87(75,76)81-53-63(70)54-82-88(77,78)84-58-65(86-69(74)52-44-36-28-27-32-40-48-62(7)8)56-80-67(72)50-42-34-25-20-19-23-31-39-47-61(5)6/h59-65,70H,9-58H2,1-8H3,(H,75,76)(H,77,78)/t63?,64-,65-/m1/s1. The zero-order chi connectivity index (χ0) is 65.4. The van der Waals surface area contributed by atoms with Gasteiger partial charge in [-0.1, -0.05) is 287 Å². The number of carbonyl (C=O) groups is 4. The van der Waals surface area contributed by atoms with E-state index in [1.54, 1.807) is 0 Å². The van der Waals surface area contributed by atoms with Crippen LogP contribution in [0.4, 0.5) is 0 Å². The summed E-state index contributed by atoms with van der Waals surface area (Å²) in [5.74, 6) is 0.791. The lowest BCUT2D eigenvalue weighted by Crippen LogP contribution is -2.30. The Morgan fingerprint density at radius 3 is 0.705 bits per heavy atom. The summed E-state index contributed by atoms with van der Waals surface area (Å²) in [6.45, 7) is 14.0. The van der Waals surface area contributed by atoms with Crippen molar-refractivity contribution in [2.75, 3.05) is 39.6 Å². The summed E-state index contributed by atoms with van der Waals surface area (Å²) >= 11 is 0. The van der Waals surface area contributed by atoms with Gasteiger partial charge in [-0.2, -0.15) is 0 Å². The van der Waals surface area contributed by atoms with Crippen molar-refractivity contribution in [2.24, 2.45) is 23.7 Å². The van der Waals surface area contributed by atoms with Crippen molar-refractivity contribution in [1.29, 1.82) is 0 Å². The van der Waals surface area contributed by atoms with Gasteiger partial charge in [0, 0.05) is 25.7 Å². The summed E-state index contributed by atoms with van der Waals surface area (Å²) < 4.78 is 68.2. The lowest BCUT2D eigenvalue weighted by molar-refractivity contribution is -0.161. The predicted molar refractivity (Wildman–Crippen MR) is 354 cm³/mol. The third-order valence-corrected chi connectivity index (χ3v) is 17.7. The van der Waals surface area contributed by atoms with Crippen molar-refractivity contribution in [3.8, 4) is 0 Å². The molecule has 0 aliphatic carbocycles. The highest BCUT2D eigenvalue weighted by atomic mass is 31.2. The minimum absolute atomic E-state index is 0.101. The highest BCUT2D eigenvalue weighted by Gasteiger charge is 2.30. The fourth-order valence-electron chi connectivity index (χ4n) is 10.3. The van der Waals surface area contributed by atoms with Gasteiger partial charge in [0.2, 0.25) is 0 Å². The van der Waals surface area contributed by atoms with Gasteiger partial charge < -0.3 is 33.8 Å². The molecule has 19 heteroatoms. The number of hydrogen-bond acceptors (Lipinski definition) is 15. The number of carbonyl (C=O) groups excluding carboxylic acids is 4. The minimum Gasteiger partial charge on any atom is -0.462 e. The topological polar surface area (TPSA) is 237 Å². The monoisotopic (exact) mass is 1300 g/mol. The van der Waals surface area contributed by atoms with Gasteiger partial charge in [0.15, 0.2) is 12.2 Å².